The Kier molecular flexibility index (Phi) is 12.0. The molecule has 2 fully saturated rings. The fraction of sp³-hybridized carbons (Fsp3) is 0.514. The van der Waals surface area contributed by atoms with Crippen LogP contribution < -0.4 is 9.80 Å². The van der Waals surface area contributed by atoms with Crippen molar-refractivity contribution < 1.29 is 8.42 Å². The first-order chi connectivity index (χ1) is 24.2. The predicted octanol–water partition coefficient (Wildman–Crippen LogP) is 7.65. The molecule has 2 saturated carbocycles. The first kappa shape index (κ1) is 36.5. The molecule has 7 rings (SSSR count). The fourth-order valence-corrected chi connectivity index (χ4v) is 10.5. The maximum atomic E-state index is 13.2. The number of fused-ring (bicyclic) bond motifs is 2. The number of nitrogens with one attached hydrogen (secondary N) is 1. The Morgan fingerprint density at radius 2 is 1.28 bits per heavy atom. The minimum atomic E-state index is -3.71. The van der Waals surface area contributed by atoms with Crippen LogP contribution in [0.1, 0.15) is 56.9 Å². The monoisotopic (exact) mass is 734 g/mol. The van der Waals surface area contributed by atoms with Crippen LogP contribution in [0, 0.1) is 18.8 Å². The minimum absolute atomic E-state index is 0.256. The predicted molar refractivity (Wildman–Crippen MR) is 210 cm³/mol. The SMILES string of the molecule is CSCC1CCC(N(C)c2ncnc3[nH]ccc23)CC1.CSCC1CCC(N(C)c2ncnc3c2ccn3S(=O)(=O)c2ccc(C)cc2)CC1. The lowest BCUT2D eigenvalue weighted by Crippen LogP contribution is -2.36. The van der Waals surface area contributed by atoms with Gasteiger partial charge in [-0.3, -0.25) is 0 Å². The number of rotatable bonds is 10. The highest BCUT2D eigenvalue weighted by Gasteiger charge is 2.28. The summed E-state index contributed by atoms with van der Waals surface area (Å²) in [4.78, 5) is 25.6. The Morgan fingerprint density at radius 3 is 1.84 bits per heavy atom. The van der Waals surface area contributed by atoms with E-state index in [1.165, 1.54) is 60.3 Å². The van der Waals surface area contributed by atoms with Crippen molar-refractivity contribution in [1.29, 1.82) is 0 Å². The number of aryl methyl sites for hydroxylation is 1. The third kappa shape index (κ3) is 7.94. The second-order valence-corrected chi connectivity index (χ2v) is 17.4. The molecule has 1 N–H and O–H groups in total. The summed E-state index contributed by atoms with van der Waals surface area (Å²) in [5.74, 6) is 6.11. The Morgan fingerprint density at radius 1 is 0.740 bits per heavy atom. The van der Waals surface area contributed by atoms with Gasteiger partial charge < -0.3 is 14.8 Å². The number of hydrogen-bond acceptors (Lipinski definition) is 10. The highest BCUT2D eigenvalue weighted by molar-refractivity contribution is 7.98. The summed E-state index contributed by atoms with van der Waals surface area (Å²) in [6.45, 7) is 1.94. The van der Waals surface area contributed by atoms with E-state index in [1.807, 2.05) is 42.7 Å². The van der Waals surface area contributed by atoms with E-state index in [-0.39, 0.29) is 4.90 Å². The Balaban J connectivity index is 0.000000187. The van der Waals surface area contributed by atoms with Crippen LogP contribution in [0.25, 0.3) is 22.1 Å². The molecule has 0 aliphatic heterocycles. The van der Waals surface area contributed by atoms with Gasteiger partial charge in [0, 0.05) is 38.6 Å². The maximum absolute atomic E-state index is 13.2. The van der Waals surface area contributed by atoms with Gasteiger partial charge in [-0.1, -0.05) is 17.7 Å². The summed E-state index contributed by atoms with van der Waals surface area (Å²) in [6.07, 6.45) is 21.0. The zero-order chi connectivity index (χ0) is 35.3. The molecule has 268 valence electrons. The van der Waals surface area contributed by atoms with Crippen LogP contribution in [0.4, 0.5) is 11.6 Å². The van der Waals surface area contributed by atoms with Crippen molar-refractivity contribution in [2.45, 2.75) is 75.3 Å². The molecule has 10 nitrogen and oxygen atoms in total. The van der Waals surface area contributed by atoms with Crippen LogP contribution in [-0.4, -0.2) is 87.5 Å². The molecule has 1 aromatic carbocycles. The number of nitrogens with zero attached hydrogens (tertiary/aromatic N) is 7. The number of H-pyrrole nitrogens is 1. The van der Waals surface area contributed by atoms with Gasteiger partial charge in [-0.15, -0.1) is 0 Å². The van der Waals surface area contributed by atoms with Gasteiger partial charge in [0.05, 0.1) is 15.7 Å². The molecule has 2 aliphatic rings. The number of thioether (sulfide) groups is 2. The highest BCUT2D eigenvalue weighted by atomic mass is 32.2. The van der Waals surface area contributed by atoms with Gasteiger partial charge in [-0.05, 0) is 118 Å². The van der Waals surface area contributed by atoms with Crippen molar-refractivity contribution in [1.82, 2.24) is 28.9 Å². The molecule has 50 heavy (non-hydrogen) atoms. The summed E-state index contributed by atoms with van der Waals surface area (Å²) >= 11 is 3.90. The second-order valence-electron chi connectivity index (χ2n) is 13.8. The molecule has 0 radical (unpaired) electrons. The summed E-state index contributed by atoms with van der Waals surface area (Å²) in [5.41, 5.74) is 2.37. The molecule has 4 heterocycles. The Bertz CT molecular complexity index is 1950. The molecule has 0 unspecified atom stereocenters. The van der Waals surface area contributed by atoms with Crippen LogP contribution in [0.3, 0.4) is 0 Å². The van der Waals surface area contributed by atoms with Crippen LogP contribution >= 0.6 is 23.5 Å². The Labute approximate surface area is 305 Å². The van der Waals surface area contributed by atoms with Gasteiger partial charge in [-0.2, -0.15) is 23.5 Å². The van der Waals surface area contributed by atoms with Gasteiger partial charge in [-0.25, -0.2) is 32.3 Å². The quantitative estimate of drug-likeness (QED) is 0.154. The average molecular weight is 735 g/mol. The molecule has 0 amide bonds. The maximum Gasteiger partial charge on any atom is 0.269 e. The van der Waals surface area contributed by atoms with Crippen molar-refractivity contribution >= 4 is 67.2 Å². The normalized spacial score (nSPS) is 21.1. The van der Waals surface area contributed by atoms with Gasteiger partial charge in [0.2, 0.25) is 0 Å². The molecule has 4 aromatic heterocycles. The van der Waals surface area contributed by atoms with E-state index in [0.717, 1.165) is 58.3 Å². The van der Waals surface area contributed by atoms with Gasteiger partial charge >= 0.3 is 0 Å². The Hall–Kier alpha value is -3.29. The number of aromatic amines is 1. The van der Waals surface area contributed by atoms with E-state index < -0.39 is 10.0 Å². The van der Waals surface area contributed by atoms with Gasteiger partial charge in [0.15, 0.2) is 5.65 Å². The molecule has 0 spiro atoms. The second kappa shape index (κ2) is 16.4. The molecule has 0 atom stereocenters. The standard InChI is InChI=1S/C22H28N4O2S2.C15H22N4S/c1-16-4-10-19(11-5-16)30(27,28)26-13-12-20-21(23-15-24-22(20)26)25(2)18-8-6-17(7-9-18)14-29-3;1-19(12-5-3-11(4-6-12)9-20-2)15-13-7-8-16-14(13)17-10-18-15/h4-5,10-13,15,17-18H,6-9,14H2,1-3H3;7-8,10-12H,3-6,9H2,1-2H3,(H,16,17,18). The first-order valence-electron chi connectivity index (χ1n) is 17.6. The summed E-state index contributed by atoms with van der Waals surface area (Å²) < 4.78 is 27.6. The van der Waals surface area contributed by atoms with E-state index in [9.17, 15) is 8.42 Å². The van der Waals surface area contributed by atoms with Gasteiger partial charge in [0.25, 0.3) is 10.0 Å². The summed E-state index contributed by atoms with van der Waals surface area (Å²) in [6, 6.07) is 11.8. The van der Waals surface area contributed by atoms with E-state index in [2.05, 4.69) is 67.4 Å². The van der Waals surface area contributed by atoms with Crippen LogP contribution in [0.2, 0.25) is 0 Å². The number of benzene rings is 1. The molecule has 5 aromatic rings. The van der Waals surface area contributed by atoms with E-state index in [0.29, 0.717) is 17.7 Å². The fourth-order valence-electron chi connectivity index (χ4n) is 7.57. The third-order valence-corrected chi connectivity index (χ3v) is 13.8. The average Bonchev–Trinajstić information content (AvgIpc) is 3.81. The van der Waals surface area contributed by atoms with Crippen molar-refractivity contribution in [2.75, 3.05) is 47.9 Å². The van der Waals surface area contributed by atoms with E-state index in [4.69, 9.17) is 0 Å². The molecule has 0 bridgehead atoms. The molecular formula is C37H50N8O2S3. The largest absolute Gasteiger partial charge is 0.356 e. The lowest BCUT2D eigenvalue weighted by molar-refractivity contribution is 0.344. The highest BCUT2D eigenvalue weighted by Crippen LogP contribution is 2.34. The zero-order valence-corrected chi connectivity index (χ0v) is 32.3. The van der Waals surface area contributed by atoms with Gasteiger partial charge in [0.1, 0.15) is 29.9 Å². The van der Waals surface area contributed by atoms with E-state index in [1.54, 1.807) is 36.8 Å². The smallest absolute Gasteiger partial charge is 0.269 e. The number of anilines is 2. The number of hydrogen-bond donors (Lipinski definition) is 1. The van der Waals surface area contributed by atoms with E-state index >= 15 is 0 Å². The van der Waals surface area contributed by atoms with Crippen LogP contribution in [0.5, 0.6) is 0 Å². The van der Waals surface area contributed by atoms with Crippen LogP contribution in [-0.2, 0) is 10.0 Å². The lowest BCUT2D eigenvalue weighted by Gasteiger charge is -2.35. The topological polar surface area (TPSA) is 113 Å². The minimum Gasteiger partial charge on any atom is -0.356 e. The van der Waals surface area contributed by atoms with Crippen molar-refractivity contribution in [3.8, 4) is 0 Å². The first-order valence-corrected chi connectivity index (χ1v) is 21.8. The number of aromatic nitrogens is 6. The van der Waals surface area contributed by atoms with Crippen molar-refractivity contribution in [2.24, 2.45) is 11.8 Å². The molecule has 2 aliphatic carbocycles. The summed E-state index contributed by atoms with van der Waals surface area (Å²) in [7, 11) is 0.523. The van der Waals surface area contributed by atoms with Crippen molar-refractivity contribution in [3.63, 3.8) is 0 Å². The molecule has 13 heteroatoms. The zero-order valence-electron chi connectivity index (χ0n) is 29.8. The van der Waals surface area contributed by atoms with Crippen LogP contribution in [0.15, 0.2) is 66.3 Å². The lowest BCUT2D eigenvalue weighted by atomic mass is 9.86. The third-order valence-electron chi connectivity index (χ3n) is 10.5. The van der Waals surface area contributed by atoms with Crippen molar-refractivity contribution in [3.05, 3.63) is 67.0 Å². The summed E-state index contributed by atoms with van der Waals surface area (Å²) in [5, 5.41) is 1.89. The molecular weight excluding hydrogens is 685 g/mol. The molecule has 0 saturated heterocycles.